The fraction of sp³-hybridized carbons (Fsp3) is 0.375. The number of amides is 2. The van der Waals surface area contributed by atoms with Gasteiger partial charge in [0.25, 0.3) is 0 Å². The van der Waals surface area contributed by atoms with Gasteiger partial charge in [-0.2, -0.15) is 0 Å². The number of aromatic amines is 1. The number of carbonyl (C=O) groups excluding carboxylic acids is 2. The van der Waals surface area contributed by atoms with Crippen LogP contribution in [0.3, 0.4) is 0 Å². The van der Waals surface area contributed by atoms with Crippen molar-refractivity contribution in [2.75, 3.05) is 13.7 Å². The third kappa shape index (κ3) is 4.87. The summed E-state index contributed by atoms with van der Waals surface area (Å²) in [6.45, 7) is 4.42. The van der Waals surface area contributed by atoms with E-state index in [-0.39, 0.29) is 17.9 Å². The number of alkyl carbamates (subject to hydrolysis) is 1. The molecule has 3 aromatic rings. The summed E-state index contributed by atoms with van der Waals surface area (Å²) >= 11 is 0. The molecule has 0 radical (unpaired) electrons. The normalized spacial score (nSPS) is 16.6. The van der Waals surface area contributed by atoms with E-state index in [2.05, 4.69) is 25.3 Å². The molecule has 9 heteroatoms. The molecule has 33 heavy (non-hydrogen) atoms. The zero-order valence-electron chi connectivity index (χ0n) is 19.0. The molecule has 2 unspecified atom stereocenters. The molecule has 0 saturated carbocycles. The minimum absolute atomic E-state index is 0.0753. The Morgan fingerprint density at radius 2 is 1.94 bits per heavy atom. The molecule has 2 amide bonds. The molecule has 4 heterocycles. The molecule has 1 fully saturated rings. The van der Waals surface area contributed by atoms with Gasteiger partial charge in [-0.05, 0) is 43.0 Å². The average molecular weight is 449 g/mol. The quantitative estimate of drug-likeness (QED) is 0.596. The summed E-state index contributed by atoms with van der Waals surface area (Å²) in [6.07, 6.45) is 6.35. The number of ether oxygens (including phenoxy) is 1. The highest BCUT2D eigenvalue weighted by Gasteiger charge is 2.37. The third-order valence-corrected chi connectivity index (χ3v) is 5.84. The highest BCUT2D eigenvalue weighted by Crippen LogP contribution is 2.32. The maximum atomic E-state index is 13.3. The molecule has 2 N–H and O–H groups in total. The van der Waals surface area contributed by atoms with E-state index in [9.17, 15) is 9.59 Å². The number of pyridine rings is 2. The van der Waals surface area contributed by atoms with Gasteiger partial charge in [-0.1, -0.05) is 19.9 Å². The number of H-pyrrole nitrogens is 1. The number of methoxy groups -OCH3 is 1. The number of carbonyl (C=O) groups is 2. The van der Waals surface area contributed by atoms with Crippen molar-refractivity contribution in [2.24, 2.45) is 5.92 Å². The number of imidazole rings is 1. The van der Waals surface area contributed by atoms with Crippen LogP contribution in [0.25, 0.3) is 22.6 Å². The maximum absolute atomic E-state index is 13.3. The summed E-state index contributed by atoms with van der Waals surface area (Å²) in [5.41, 5.74) is 3.34. The van der Waals surface area contributed by atoms with E-state index in [1.807, 2.05) is 44.2 Å². The molecule has 1 aliphatic rings. The number of rotatable bonds is 6. The van der Waals surface area contributed by atoms with Crippen molar-refractivity contribution in [2.45, 2.75) is 38.8 Å². The minimum atomic E-state index is -0.657. The molecule has 1 aliphatic heterocycles. The number of nitrogens with zero attached hydrogens (tertiary/aromatic N) is 4. The fourth-order valence-electron chi connectivity index (χ4n) is 4.06. The van der Waals surface area contributed by atoms with Crippen LogP contribution >= 0.6 is 0 Å². The molecule has 0 spiro atoms. The Labute approximate surface area is 192 Å². The van der Waals surface area contributed by atoms with Crippen LogP contribution in [0.15, 0.2) is 48.9 Å². The zero-order valence-corrected chi connectivity index (χ0v) is 19.0. The van der Waals surface area contributed by atoms with Crippen molar-refractivity contribution in [3.05, 3.63) is 54.7 Å². The van der Waals surface area contributed by atoms with Crippen LogP contribution in [-0.4, -0.2) is 56.5 Å². The first-order valence-electron chi connectivity index (χ1n) is 11.1. The van der Waals surface area contributed by atoms with Crippen LogP contribution in [-0.2, 0) is 9.53 Å². The van der Waals surface area contributed by atoms with Gasteiger partial charge in [0.05, 0.1) is 36.4 Å². The van der Waals surface area contributed by atoms with Gasteiger partial charge in [0, 0.05) is 24.5 Å². The van der Waals surface area contributed by atoms with E-state index in [1.165, 1.54) is 7.11 Å². The largest absolute Gasteiger partial charge is 0.453 e. The molecular weight excluding hydrogens is 420 g/mol. The van der Waals surface area contributed by atoms with Crippen molar-refractivity contribution >= 4 is 12.0 Å². The first-order chi connectivity index (χ1) is 16.0. The summed E-state index contributed by atoms with van der Waals surface area (Å²) in [5, 5.41) is 2.67. The lowest BCUT2D eigenvalue weighted by atomic mass is 10.0. The second-order valence-corrected chi connectivity index (χ2v) is 8.38. The summed E-state index contributed by atoms with van der Waals surface area (Å²) < 4.78 is 4.69. The molecule has 0 aliphatic carbocycles. The number of hydrogen-bond donors (Lipinski definition) is 2. The molecule has 9 nitrogen and oxygen atoms in total. The van der Waals surface area contributed by atoms with Gasteiger partial charge >= 0.3 is 6.09 Å². The van der Waals surface area contributed by atoms with Gasteiger partial charge in [-0.15, -0.1) is 0 Å². The fourth-order valence-corrected chi connectivity index (χ4v) is 4.06. The summed E-state index contributed by atoms with van der Waals surface area (Å²) in [4.78, 5) is 43.6. The van der Waals surface area contributed by atoms with Crippen molar-refractivity contribution in [1.29, 1.82) is 0 Å². The minimum Gasteiger partial charge on any atom is -0.453 e. The topological polar surface area (TPSA) is 113 Å². The molecule has 4 rings (SSSR count). The van der Waals surface area contributed by atoms with Gasteiger partial charge in [0.2, 0.25) is 5.91 Å². The smallest absolute Gasteiger partial charge is 0.407 e. The zero-order chi connectivity index (χ0) is 23.4. The van der Waals surface area contributed by atoms with Crippen molar-refractivity contribution in [1.82, 2.24) is 30.2 Å². The van der Waals surface area contributed by atoms with E-state index in [1.54, 1.807) is 23.5 Å². The van der Waals surface area contributed by atoms with E-state index >= 15 is 0 Å². The van der Waals surface area contributed by atoms with Gasteiger partial charge in [0.1, 0.15) is 11.9 Å². The van der Waals surface area contributed by atoms with Crippen LogP contribution in [0.2, 0.25) is 0 Å². The van der Waals surface area contributed by atoms with Gasteiger partial charge in [-0.3, -0.25) is 14.8 Å². The number of nitrogens with one attached hydrogen (secondary N) is 2. The highest BCUT2D eigenvalue weighted by molar-refractivity contribution is 5.86. The van der Waals surface area contributed by atoms with E-state index < -0.39 is 12.1 Å². The molecule has 2 atom stereocenters. The number of hydrogen-bond acceptors (Lipinski definition) is 6. The van der Waals surface area contributed by atoms with Crippen LogP contribution < -0.4 is 5.32 Å². The Bertz CT molecular complexity index is 1100. The highest BCUT2D eigenvalue weighted by atomic mass is 16.5. The lowest BCUT2D eigenvalue weighted by Crippen LogP contribution is -2.51. The lowest BCUT2D eigenvalue weighted by molar-refractivity contribution is -0.135. The van der Waals surface area contributed by atoms with Crippen LogP contribution in [0.5, 0.6) is 0 Å². The molecular formula is C24H28N6O3. The Morgan fingerprint density at radius 1 is 1.12 bits per heavy atom. The number of likely N-dealkylation sites (tertiary alicyclic amines) is 1. The van der Waals surface area contributed by atoms with E-state index in [4.69, 9.17) is 4.74 Å². The van der Waals surface area contributed by atoms with Gasteiger partial charge < -0.3 is 19.9 Å². The van der Waals surface area contributed by atoms with Crippen molar-refractivity contribution in [3.8, 4) is 22.6 Å². The Balaban J connectivity index is 1.51. The molecule has 3 aromatic heterocycles. The SMILES string of the molecule is COC(=O)NC(C(=O)N1CCCC1c1ncc(-c2ccc(-c3ccccn3)nc2)[nH]1)C(C)C. The first kappa shape index (κ1) is 22.4. The molecule has 172 valence electrons. The summed E-state index contributed by atoms with van der Waals surface area (Å²) in [5.74, 6) is 0.524. The lowest BCUT2D eigenvalue weighted by Gasteiger charge is -2.30. The Hall–Kier alpha value is -3.75. The molecule has 1 saturated heterocycles. The third-order valence-electron chi connectivity index (χ3n) is 5.84. The van der Waals surface area contributed by atoms with Crippen molar-refractivity contribution < 1.29 is 14.3 Å². The summed E-state index contributed by atoms with van der Waals surface area (Å²) in [7, 11) is 1.29. The predicted octanol–water partition coefficient (Wildman–Crippen LogP) is 3.58. The average Bonchev–Trinajstić information content (AvgIpc) is 3.52. The predicted molar refractivity (Wildman–Crippen MR) is 123 cm³/mol. The summed E-state index contributed by atoms with van der Waals surface area (Å²) in [6, 6.07) is 8.79. The molecule has 0 bridgehead atoms. The monoisotopic (exact) mass is 448 g/mol. The second kappa shape index (κ2) is 9.81. The van der Waals surface area contributed by atoms with E-state index in [0.29, 0.717) is 6.54 Å². The molecule has 0 aromatic carbocycles. The van der Waals surface area contributed by atoms with Gasteiger partial charge in [0.15, 0.2) is 0 Å². The van der Waals surface area contributed by atoms with Crippen LogP contribution in [0.4, 0.5) is 4.79 Å². The maximum Gasteiger partial charge on any atom is 0.407 e. The van der Waals surface area contributed by atoms with Crippen molar-refractivity contribution in [3.63, 3.8) is 0 Å². The van der Waals surface area contributed by atoms with E-state index in [0.717, 1.165) is 41.3 Å². The van der Waals surface area contributed by atoms with Crippen LogP contribution in [0, 0.1) is 5.92 Å². The Morgan fingerprint density at radius 3 is 2.61 bits per heavy atom. The van der Waals surface area contributed by atoms with Crippen LogP contribution in [0.1, 0.15) is 38.6 Å². The standard InChI is InChI=1S/C24H28N6O3/c1-15(2)21(29-24(32)33-3)23(31)30-12-6-8-20(30)22-27-14-19(28-22)16-9-10-18(26-13-16)17-7-4-5-11-25-17/h4-5,7,9-11,13-15,20-21H,6,8,12H2,1-3H3,(H,27,28)(H,29,32). The van der Waals surface area contributed by atoms with Gasteiger partial charge in [-0.25, -0.2) is 9.78 Å². The first-order valence-corrected chi connectivity index (χ1v) is 11.1. The second-order valence-electron chi connectivity index (χ2n) is 8.38. The Kier molecular flexibility index (Phi) is 6.67. The number of aromatic nitrogens is 4.